The number of hydrogen-bond acceptors (Lipinski definition) is 3. The molecule has 0 saturated heterocycles. The molecule has 0 aliphatic heterocycles. The Morgan fingerprint density at radius 1 is 1.62 bits per heavy atom. The van der Waals surface area contributed by atoms with Gasteiger partial charge in [0.2, 0.25) is 0 Å². The second-order valence-electron chi connectivity index (χ2n) is 0.808. The summed E-state index contributed by atoms with van der Waals surface area (Å²) in [4.78, 5) is 19.1. The molecule has 0 fully saturated rings. The predicted molar refractivity (Wildman–Crippen MR) is 23.1 cm³/mol. The van der Waals surface area contributed by atoms with E-state index in [1.165, 1.54) is 6.08 Å². The molecule has 3 nitrogen and oxygen atoms in total. The van der Waals surface area contributed by atoms with E-state index in [-0.39, 0.29) is 23.1 Å². The van der Waals surface area contributed by atoms with Crippen LogP contribution in [0.1, 0.15) is 0 Å². The van der Waals surface area contributed by atoms with E-state index in [1.54, 1.807) is 0 Å². The topological polar surface area (TPSA) is 55.3 Å². The van der Waals surface area contributed by atoms with Crippen LogP contribution in [0.2, 0.25) is 0 Å². The summed E-state index contributed by atoms with van der Waals surface area (Å²) >= 11 is 0. The van der Waals surface area contributed by atoms with Crippen molar-refractivity contribution >= 4 is 8.60 Å². The van der Waals surface area contributed by atoms with Gasteiger partial charge in [-0.25, -0.2) is 0 Å². The SMILES string of the molecule is C=CCOP([O-])[O-].[Ni+2]. The molecule has 0 rings (SSSR count). The molecule has 0 heterocycles. The minimum atomic E-state index is -2.68. The van der Waals surface area contributed by atoms with Crippen LogP contribution < -0.4 is 9.79 Å². The normalized spacial score (nSPS) is 8.38. The molecule has 5 heteroatoms. The fourth-order valence-corrected chi connectivity index (χ4v) is 0.341. The van der Waals surface area contributed by atoms with Crippen molar-refractivity contribution in [3.8, 4) is 0 Å². The molecule has 0 aromatic carbocycles. The average Bonchev–Trinajstić information content (AvgIpc) is 1.61. The quantitative estimate of drug-likeness (QED) is 0.321. The Bertz CT molecular complexity index is 58.5. The molecule has 0 spiro atoms. The average molecular weight is 179 g/mol. The molecule has 0 aliphatic carbocycles. The predicted octanol–water partition coefficient (Wildman–Crippen LogP) is -0.866. The Labute approximate surface area is 59.3 Å². The van der Waals surface area contributed by atoms with Crippen molar-refractivity contribution in [2.75, 3.05) is 6.61 Å². The van der Waals surface area contributed by atoms with Gasteiger partial charge in [-0.1, -0.05) is 6.08 Å². The van der Waals surface area contributed by atoms with Gasteiger partial charge in [0.1, 0.15) is 0 Å². The van der Waals surface area contributed by atoms with Crippen LogP contribution in [0.5, 0.6) is 0 Å². The molecule has 0 N–H and O–H groups in total. The molecule has 50 valence electrons. The second-order valence-corrected chi connectivity index (χ2v) is 1.51. The standard InChI is InChI=1S/C3H5O3P.Ni/c1-2-3-6-7(4)5;/h2H,1,3H2;/q-2;+2. The Hall–Kier alpha value is 0.544. The summed E-state index contributed by atoms with van der Waals surface area (Å²) in [6.45, 7) is 3.31. The second kappa shape index (κ2) is 7.54. The summed E-state index contributed by atoms with van der Waals surface area (Å²) in [5.41, 5.74) is 0. The molecule has 0 aliphatic rings. The molecule has 0 aromatic rings. The van der Waals surface area contributed by atoms with Crippen LogP contribution in [0.3, 0.4) is 0 Å². The van der Waals surface area contributed by atoms with Gasteiger partial charge in [-0.2, -0.15) is 8.60 Å². The summed E-state index contributed by atoms with van der Waals surface area (Å²) in [6.07, 6.45) is 1.37. The first-order valence-corrected chi connectivity index (χ1v) is 2.75. The summed E-state index contributed by atoms with van der Waals surface area (Å²) in [6, 6.07) is 0. The Balaban J connectivity index is 0. The summed E-state index contributed by atoms with van der Waals surface area (Å²) < 4.78 is 4.03. The van der Waals surface area contributed by atoms with Crippen molar-refractivity contribution in [3.05, 3.63) is 12.7 Å². The van der Waals surface area contributed by atoms with Crippen LogP contribution in [-0.2, 0) is 21.0 Å². The summed E-state index contributed by atoms with van der Waals surface area (Å²) in [5, 5.41) is 0. The molecule has 0 amide bonds. The maximum Gasteiger partial charge on any atom is 2.00 e. The van der Waals surface area contributed by atoms with Gasteiger partial charge >= 0.3 is 16.5 Å². The zero-order valence-electron chi connectivity index (χ0n) is 3.98. The van der Waals surface area contributed by atoms with Crippen molar-refractivity contribution in [3.63, 3.8) is 0 Å². The monoisotopic (exact) mass is 178 g/mol. The van der Waals surface area contributed by atoms with E-state index in [0.717, 1.165) is 0 Å². The molecular formula is C3H5NiO3P. The third kappa shape index (κ3) is 9.74. The first-order chi connectivity index (χ1) is 3.27. The van der Waals surface area contributed by atoms with Gasteiger partial charge < -0.3 is 14.3 Å². The molecule has 0 unspecified atom stereocenters. The fourth-order valence-electron chi connectivity index (χ4n) is 0.114. The van der Waals surface area contributed by atoms with E-state index < -0.39 is 8.60 Å². The Morgan fingerprint density at radius 2 is 2.12 bits per heavy atom. The van der Waals surface area contributed by atoms with Gasteiger partial charge in [-0.3, -0.25) is 0 Å². The van der Waals surface area contributed by atoms with Crippen LogP contribution in [-0.4, -0.2) is 6.61 Å². The zero-order chi connectivity index (χ0) is 5.70. The molecule has 0 aromatic heterocycles. The van der Waals surface area contributed by atoms with E-state index in [4.69, 9.17) is 0 Å². The molecule has 0 bridgehead atoms. The van der Waals surface area contributed by atoms with E-state index >= 15 is 0 Å². The maximum absolute atomic E-state index is 9.53. The van der Waals surface area contributed by atoms with Gasteiger partial charge in [0, 0.05) is 0 Å². The van der Waals surface area contributed by atoms with Crippen molar-refractivity contribution in [2.45, 2.75) is 0 Å². The number of rotatable bonds is 3. The van der Waals surface area contributed by atoms with Crippen LogP contribution >= 0.6 is 8.60 Å². The summed E-state index contributed by atoms with van der Waals surface area (Å²) in [7, 11) is -2.68. The molecular weight excluding hydrogens is 174 g/mol. The van der Waals surface area contributed by atoms with Gasteiger partial charge in [-0.15, -0.1) is 6.58 Å². The largest absolute Gasteiger partial charge is 2.00 e. The van der Waals surface area contributed by atoms with Crippen LogP contribution in [0.25, 0.3) is 0 Å². The Kier molecular flexibility index (Phi) is 10.7. The van der Waals surface area contributed by atoms with Crippen LogP contribution in [0.4, 0.5) is 0 Å². The van der Waals surface area contributed by atoms with Crippen LogP contribution in [0, 0.1) is 0 Å². The van der Waals surface area contributed by atoms with Gasteiger partial charge in [0.25, 0.3) is 0 Å². The first kappa shape index (κ1) is 11.4. The van der Waals surface area contributed by atoms with Gasteiger partial charge in [0.15, 0.2) is 0 Å². The van der Waals surface area contributed by atoms with Gasteiger partial charge in [-0.05, 0) is 0 Å². The molecule has 0 saturated carbocycles. The van der Waals surface area contributed by atoms with E-state index in [1.807, 2.05) is 0 Å². The third-order valence-electron chi connectivity index (χ3n) is 0.298. The Morgan fingerprint density at radius 3 is 2.25 bits per heavy atom. The van der Waals surface area contributed by atoms with Crippen LogP contribution in [0.15, 0.2) is 12.7 Å². The molecule has 0 radical (unpaired) electrons. The van der Waals surface area contributed by atoms with E-state index in [9.17, 15) is 9.79 Å². The van der Waals surface area contributed by atoms with Gasteiger partial charge in [0.05, 0.1) is 6.61 Å². The van der Waals surface area contributed by atoms with Crippen molar-refractivity contribution in [1.82, 2.24) is 0 Å². The van der Waals surface area contributed by atoms with Crippen molar-refractivity contribution in [1.29, 1.82) is 0 Å². The number of hydrogen-bond donors (Lipinski definition) is 0. The van der Waals surface area contributed by atoms with Crippen molar-refractivity contribution < 1.29 is 30.8 Å². The minimum absolute atomic E-state index is 0. The van der Waals surface area contributed by atoms with E-state index in [2.05, 4.69) is 11.1 Å². The van der Waals surface area contributed by atoms with Crippen molar-refractivity contribution in [2.24, 2.45) is 0 Å². The van der Waals surface area contributed by atoms with E-state index in [0.29, 0.717) is 0 Å². The third-order valence-corrected chi connectivity index (χ3v) is 0.658. The minimum Gasteiger partial charge on any atom is -0.820 e. The smallest absolute Gasteiger partial charge is 0.820 e. The first-order valence-electron chi connectivity index (χ1n) is 1.65. The molecule has 0 atom stereocenters. The molecule has 8 heavy (non-hydrogen) atoms. The fraction of sp³-hybridized carbons (Fsp3) is 0.333. The summed E-state index contributed by atoms with van der Waals surface area (Å²) in [5.74, 6) is 0. The zero-order valence-corrected chi connectivity index (χ0v) is 5.86. The maximum atomic E-state index is 9.53.